The van der Waals surface area contributed by atoms with Crippen LogP contribution in [0, 0.1) is 5.41 Å². The van der Waals surface area contributed by atoms with E-state index in [1.165, 1.54) is 0 Å². The first-order valence-corrected chi connectivity index (χ1v) is 10.6. The number of carbonyl (C=O) groups excluding carboxylic acids is 1. The van der Waals surface area contributed by atoms with Crippen molar-refractivity contribution in [1.29, 1.82) is 0 Å². The van der Waals surface area contributed by atoms with Crippen molar-refractivity contribution in [2.45, 2.75) is 58.8 Å². The lowest BCUT2D eigenvalue weighted by atomic mass is 9.83. The highest BCUT2D eigenvalue weighted by Gasteiger charge is 2.44. The smallest absolute Gasteiger partial charge is 0.410 e. The molecule has 2 fully saturated rings. The molecule has 1 atom stereocenters. The highest BCUT2D eigenvalue weighted by atomic mass is 35.5. The van der Waals surface area contributed by atoms with Crippen molar-refractivity contribution in [3.05, 3.63) is 11.5 Å². The third kappa shape index (κ3) is 4.46. The Bertz CT molecular complexity index is 929. The number of aromatic nitrogens is 4. The van der Waals surface area contributed by atoms with Gasteiger partial charge in [0.25, 0.3) is 0 Å². The Balaban J connectivity index is 1.43. The molecule has 0 aromatic carbocycles. The van der Waals surface area contributed by atoms with Gasteiger partial charge in [0.15, 0.2) is 11.9 Å². The number of hydrogen-bond acceptors (Lipinski definition) is 7. The fourth-order valence-electron chi connectivity index (χ4n) is 3.78. The van der Waals surface area contributed by atoms with Crippen LogP contribution < -0.4 is 4.74 Å². The molecule has 9 nitrogen and oxygen atoms in total. The predicted octanol–water partition coefficient (Wildman–Crippen LogP) is 3.81. The zero-order valence-electron chi connectivity index (χ0n) is 17.9. The largest absolute Gasteiger partial charge is 0.476 e. The van der Waals surface area contributed by atoms with Gasteiger partial charge in [-0.25, -0.2) is 9.48 Å². The van der Waals surface area contributed by atoms with E-state index in [4.69, 9.17) is 25.8 Å². The van der Waals surface area contributed by atoms with E-state index in [1.807, 2.05) is 20.8 Å². The van der Waals surface area contributed by atoms with Gasteiger partial charge in [-0.2, -0.15) is 15.1 Å². The van der Waals surface area contributed by atoms with Gasteiger partial charge < -0.3 is 19.1 Å². The Kier molecular flexibility index (Phi) is 5.52. The standard InChI is InChI=1S/C20H28ClN5O4/c1-19(2,3)30-18(27)25-10-20(4,11-25)12-29-16-13-9-22-26(14-7-5-6-8-28-14)15(13)23-17(21)24-16/h9,14H,5-8,10-12H2,1-4H3. The van der Waals surface area contributed by atoms with Crippen LogP contribution in [0.15, 0.2) is 6.20 Å². The lowest BCUT2D eigenvalue weighted by Gasteiger charge is -2.47. The van der Waals surface area contributed by atoms with Crippen LogP contribution in [-0.2, 0) is 9.47 Å². The van der Waals surface area contributed by atoms with E-state index in [0.717, 1.165) is 19.3 Å². The van der Waals surface area contributed by atoms with Gasteiger partial charge >= 0.3 is 6.09 Å². The van der Waals surface area contributed by atoms with Crippen molar-refractivity contribution in [1.82, 2.24) is 24.6 Å². The lowest BCUT2D eigenvalue weighted by Crippen LogP contribution is -2.60. The number of nitrogens with zero attached hydrogens (tertiary/aromatic N) is 5. The van der Waals surface area contributed by atoms with Crippen molar-refractivity contribution in [3.63, 3.8) is 0 Å². The summed E-state index contributed by atoms with van der Waals surface area (Å²) in [6.07, 6.45) is 4.25. The maximum absolute atomic E-state index is 12.2. The monoisotopic (exact) mass is 437 g/mol. The number of likely N-dealkylation sites (tertiary alicyclic amines) is 1. The van der Waals surface area contributed by atoms with Crippen LogP contribution >= 0.6 is 11.6 Å². The number of ether oxygens (including phenoxy) is 3. The third-order valence-electron chi connectivity index (χ3n) is 5.17. The van der Waals surface area contributed by atoms with Gasteiger partial charge in [-0.3, -0.25) is 0 Å². The summed E-state index contributed by atoms with van der Waals surface area (Å²) in [5, 5.41) is 5.25. The molecule has 1 unspecified atom stereocenters. The highest BCUT2D eigenvalue weighted by molar-refractivity contribution is 6.28. The predicted molar refractivity (Wildman–Crippen MR) is 111 cm³/mol. The van der Waals surface area contributed by atoms with Gasteiger partial charge in [0.1, 0.15) is 11.0 Å². The first-order valence-electron chi connectivity index (χ1n) is 10.3. The molecule has 0 aliphatic carbocycles. The quantitative estimate of drug-likeness (QED) is 0.671. The van der Waals surface area contributed by atoms with Gasteiger partial charge in [-0.1, -0.05) is 6.92 Å². The van der Waals surface area contributed by atoms with E-state index in [0.29, 0.717) is 43.2 Å². The van der Waals surface area contributed by atoms with Gasteiger partial charge in [0, 0.05) is 25.1 Å². The molecule has 0 bridgehead atoms. The number of hydrogen-bond donors (Lipinski definition) is 0. The summed E-state index contributed by atoms with van der Waals surface area (Å²) < 4.78 is 19.0. The van der Waals surface area contributed by atoms with E-state index < -0.39 is 5.60 Å². The number of carbonyl (C=O) groups is 1. The molecule has 0 spiro atoms. The molecule has 0 saturated carbocycles. The second kappa shape index (κ2) is 7.85. The molecule has 2 aliphatic heterocycles. The maximum atomic E-state index is 12.2. The summed E-state index contributed by atoms with van der Waals surface area (Å²) in [4.78, 5) is 22.5. The molecular formula is C20H28ClN5O4. The van der Waals surface area contributed by atoms with E-state index in [2.05, 4.69) is 22.0 Å². The van der Waals surface area contributed by atoms with Crippen molar-refractivity contribution >= 4 is 28.7 Å². The summed E-state index contributed by atoms with van der Waals surface area (Å²) >= 11 is 6.16. The number of halogens is 1. The topological polar surface area (TPSA) is 91.6 Å². The summed E-state index contributed by atoms with van der Waals surface area (Å²) in [7, 11) is 0. The fraction of sp³-hybridized carbons (Fsp3) is 0.700. The molecule has 4 heterocycles. The number of rotatable bonds is 4. The summed E-state index contributed by atoms with van der Waals surface area (Å²) in [5.74, 6) is 0.393. The number of amides is 1. The van der Waals surface area contributed by atoms with Gasteiger partial charge in [0.05, 0.1) is 12.8 Å². The fourth-order valence-corrected chi connectivity index (χ4v) is 3.93. The van der Waals surface area contributed by atoms with E-state index in [-0.39, 0.29) is 23.0 Å². The SMILES string of the molecule is CC1(COc2nc(Cl)nc3c2cnn3C2CCCCO2)CN(C(=O)OC(C)(C)C)C1. The minimum absolute atomic E-state index is 0.101. The van der Waals surface area contributed by atoms with Crippen LogP contribution in [0.1, 0.15) is 53.2 Å². The average molecular weight is 438 g/mol. The van der Waals surface area contributed by atoms with Crippen LogP contribution in [0.2, 0.25) is 5.28 Å². The summed E-state index contributed by atoms with van der Waals surface area (Å²) in [5.41, 5.74) is -0.0974. The second-order valence-corrected chi connectivity index (χ2v) is 9.72. The average Bonchev–Trinajstić information content (AvgIpc) is 3.07. The van der Waals surface area contributed by atoms with Gasteiger partial charge in [-0.15, -0.1) is 0 Å². The molecule has 0 N–H and O–H groups in total. The van der Waals surface area contributed by atoms with Gasteiger partial charge in [0.2, 0.25) is 11.2 Å². The molecule has 10 heteroatoms. The molecular weight excluding hydrogens is 410 g/mol. The Morgan fingerprint density at radius 3 is 2.77 bits per heavy atom. The Hall–Kier alpha value is -2.13. The molecule has 30 heavy (non-hydrogen) atoms. The molecule has 164 valence electrons. The van der Waals surface area contributed by atoms with E-state index in [9.17, 15) is 4.79 Å². The molecule has 2 saturated heterocycles. The molecule has 0 radical (unpaired) electrons. The minimum atomic E-state index is -0.509. The summed E-state index contributed by atoms with van der Waals surface area (Å²) in [6.45, 7) is 9.84. The Labute approximate surface area is 180 Å². The van der Waals surface area contributed by atoms with Crippen LogP contribution in [0.3, 0.4) is 0 Å². The lowest BCUT2D eigenvalue weighted by molar-refractivity contribution is -0.0431. The molecule has 4 rings (SSSR count). The first-order chi connectivity index (χ1) is 14.1. The molecule has 2 aromatic rings. The van der Waals surface area contributed by atoms with Crippen molar-refractivity contribution in [2.24, 2.45) is 5.41 Å². The van der Waals surface area contributed by atoms with E-state index >= 15 is 0 Å². The Morgan fingerprint density at radius 1 is 1.33 bits per heavy atom. The molecule has 1 amide bonds. The number of fused-ring (bicyclic) bond motifs is 1. The first kappa shape index (κ1) is 21.1. The van der Waals surface area contributed by atoms with Crippen molar-refractivity contribution < 1.29 is 19.0 Å². The van der Waals surface area contributed by atoms with Crippen molar-refractivity contribution in [2.75, 3.05) is 26.3 Å². The Morgan fingerprint density at radius 2 is 2.10 bits per heavy atom. The van der Waals surface area contributed by atoms with Crippen LogP contribution in [0.4, 0.5) is 4.79 Å². The van der Waals surface area contributed by atoms with Crippen molar-refractivity contribution in [3.8, 4) is 5.88 Å². The van der Waals surface area contributed by atoms with E-state index in [1.54, 1.807) is 15.8 Å². The van der Waals surface area contributed by atoms with Gasteiger partial charge in [-0.05, 0) is 51.6 Å². The molecule has 2 aliphatic rings. The highest BCUT2D eigenvalue weighted by Crippen LogP contribution is 2.34. The third-order valence-corrected chi connectivity index (χ3v) is 5.34. The van der Waals surface area contributed by atoms with Crippen LogP contribution in [0.5, 0.6) is 5.88 Å². The van der Waals surface area contributed by atoms with Crippen LogP contribution in [-0.4, -0.2) is 62.6 Å². The maximum Gasteiger partial charge on any atom is 0.410 e. The molecule has 2 aromatic heterocycles. The second-order valence-electron chi connectivity index (χ2n) is 9.38. The minimum Gasteiger partial charge on any atom is -0.476 e. The summed E-state index contributed by atoms with van der Waals surface area (Å²) in [6, 6.07) is 0. The van der Waals surface area contributed by atoms with Crippen LogP contribution in [0.25, 0.3) is 11.0 Å². The normalized spacial score (nSPS) is 21.4. The zero-order chi connectivity index (χ0) is 21.5. The zero-order valence-corrected chi connectivity index (χ0v) is 18.6.